The van der Waals surface area contributed by atoms with Crippen molar-refractivity contribution in [2.45, 2.75) is 12.8 Å². The Morgan fingerprint density at radius 2 is 1.64 bits per heavy atom. The van der Waals surface area contributed by atoms with Crippen molar-refractivity contribution >= 4 is 17.7 Å². The molecule has 0 aliphatic rings. The average molecular weight is 386 g/mol. The van der Waals surface area contributed by atoms with Gasteiger partial charge < -0.3 is 24.4 Å². The number of carbonyl (C=O) groups is 2. The van der Waals surface area contributed by atoms with Crippen molar-refractivity contribution in [3.8, 4) is 11.5 Å². The lowest BCUT2D eigenvalue weighted by molar-refractivity contribution is -0.140. The van der Waals surface area contributed by atoms with Crippen LogP contribution in [0.3, 0.4) is 0 Å². The number of urea groups is 1. The van der Waals surface area contributed by atoms with Crippen LogP contribution in [0, 0.1) is 0 Å². The Morgan fingerprint density at radius 3 is 2.29 bits per heavy atom. The van der Waals surface area contributed by atoms with Gasteiger partial charge in [0.25, 0.3) is 0 Å². The molecule has 2 aromatic carbocycles. The summed E-state index contributed by atoms with van der Waals surface area (Å²) in [4.78, 5) is 25.8. The number of methoxy groups -OCH3 is 3. The molecule has 0 aliphatic carbocycles. The highest BCUT2D eigenvalue weighted by molar-refractivity contribution is 5.89. The van der Waals surface area contributed by atoms with Gasteiger partial charge in [0, 0.05) is 18.8 Å². The zero-order valence-electron chi connectivity index (χ0n) is 16.4. The Bertz CT molecular complexity index is 780. The lowest BCUT2D eigenvalue weighted by atomic mass is 10.1. The second-order valence-corrected chi connectivity index (χ2v) is 6.05. The number of esters is 1. The minimum absolute atomic E-state index is 0.130. The summed E-state index contributed by atoms with van der Waals surface area (Å²) in [5.74, 6) is 0.925. The second-order valence-electron chi connectivity index (χ2n) is 6.05. The van der Waals surface area contributed by atoms with Gasteiger partial charge in [-0.3, -0.25) is 4.79 Å². The van der Waals surface area contributed by atoms with E-state index in [9.17, 15) is 9.59 Å². The summed E-state index contributed by atoms with van der Waals surface area (Å²) >= 11 is 0. The predicted octanol–water partition coefficient (Wildman–Crippen LogP) is 3.34. The Balaban J connectivity index is 2.06. The van der Waals surface area contributed by atoms with E-state index in [0.717, 1.165) is 5.56 Å². The van der Waals surface area contributed by atoms with E-state index in [2.05, 4.69) is 10.1 Å². The summed E-state index contributed by atoms with van der Waals surface area (Å²) in [6.07, 6.45) is 0.731. The van der Waals surface area contributed by atoms with Gasteiger partial charge in [0.15, 0.2) is 11.5 Å². The summed E-state index contributed by atoms with van der Waals surface area (Å²) in [6, 6.07) is 14.6. The molecule has 0 spiro atoms. The summed E-state index contributed by atoms with van der Waals surface area (Å²) in [5, 5.41) is 2.85. The fourth-order valence-corrected chi connectivity index (χ4v) is 2.67. The number of nitrogens with zero attached hydrogens (tertiary/aromatic N) is 1. The minimum Gasteiger partial charge on any atom is -0.493 e. The van der Waals surface area contributed by atoms with E-state index in [0.29, 0.717) is 30.2 Å². The molecule has 0 aromatic heterocycles. The van der Waals surface area contributed by atoms with Crippen molar-refractivity contribution in [1.29, 1.82) is 0 Å². The third-order valence-electron chi connectivity index (χ3n) is 4.24. The molecule has 0 saturated carbocycles. The molecule has 2 rings (SSSR count). The topological polar surface area (TPSA) is 77.1 Å². The molecule has 0 aliphatic heterocycles. The molecule has 2 aromatic rings. The van der Waals surface area contributed by atoms with Crippen molar-refractivity contribution in [2.24, 2.45) is 0 Å². The number of hydrogen-bond acceptors (Lipinski definition) is 5. The van der Waals surface area contributed by atoms with Gasteiger partial charge in [-0.2, -0.15) is 0 Å². The average Bonchev–Trinajstić information content (AvgIpc) is 2.73. The van der Waals surface area contributed by atoms with Crippen LogP contribution in [0.1, 0.15) is 12.0 Å². The normalized spacial score (nSPS) is 10.1. The molecule has 0 atom stereocenters. The molecule has 150 valence electrons. The minimum atomic E-state index is -0.358. The van der Waals surface area contributed by atoms with Gasteiger partial charge in [0.2, 0.25) is 0 Å². The molecule has 0 radical (unpaired) electrons. The summed E-state index contributed by atoms with van der Waals surface area (Å²) in [7, 11) is 4.50. The fraction of sp³-hybridized carbons (Fsp3) is 0.333. The van der Waals surface area contributed by atoms with E-state index in [1.807, 2.05) is 48.5 Å². The zero-order chi connectivity index (χ0) is 20.4. The zero-order valence-corrected chi connectivity index (χ0v) is 16.4. The second kappa shape index (κ2) is 10.8. The molecule has 2 amide bonds. The van der Waals surface area contributed by atoms with Crippen LogP contribution in [0.5, 0.6) is 11.5 Å². The van der Waals surface area contributed by atoms with Crippen LogP contribution >= 0.6 is 0 Å². The first-order valence-corrected chi connectivity index (χ1v) is 8.96. The number of benzene rings is 2. The lowest BCUT2D eigenvalue weighted by Crippen LogP contribution is -2.38. The van der Waals surface area contributed by atoms with Gasteiger partial charge in [0.05, 0.1) is 27.8 Å². The number of ether oxygens (including phenoxy) is 3. The molecule has 1 N–H and O–H groups in total. The SMILES string of the molecule is COC(=O)CCN(CCc1ccc(OC)c(OC)c1)C(=O)Nc1ccccc1. The van der Waals surface area contributed by atoms with Crippen molar-refractivity contribution < 1.29 is 23.8 Å². The van der Waals surface area contributed by atoms with E-state index >= 15 is 0 Å². The first-order chi connectivity index (χ1) is 13.6. The first kappa shape index (κ1) is 21.1. The summed E-state index contributed by atoms with van der Waals surface area (Å²) in [6.45, 7) is 0.698. The Kier molecular flexibility index (Phi) is 8.14. The molecule has 28 heavy (non-hydrogen) atoms. The lowest BCUT2D eigenvalue weighted by Gasteiger charge is -2.23. The van der Waals surface area contributed by atoms with Crippen molar-refractivity contribution in [2.75, 3.05) is 39.7 Å². The standard InChI is InChI=1S/C21H26N2O5/c1-26-18-10-9-16(15-19(18)27-2)11-13-23(14-12-20(24)28-3)21(25)22-17-7-5-4-6-8-17/h4-10,15H,11-14H2,1-3H3,(H,22,25). The number of para-hydroxylation sites is 1. The van der Waals surface area contributed by atoms with Gasteiger partial charge in [-0.05, 0) is 36.2 Å². The van der Waals surface area contributed by atoms with Crippen LogP contribution in [0.25, 0.3) is 0 Å². The van der Waals surface area contributed by atoms with Crippen LogP contribution in [-0.2, 0) is 16.0 Å². The van der Waals surface area contributed by atoms with Gasteiger partial charge in [-0.25, -0.2) is 4.79 Å². The number of nitrogens with one attached hydrogen (secondary N) is 1. The van der Waals surface area contributed by atoms with Gasteiger partial charge in [-0.15, -0.1) is 0 Å². The van der Waals surface area contributed by atoms with Gasteiger partial charge >= 0.3 is 12.0 Å². The van der Waals surface area contributed by atoms with Crippen molar-refractivity contribution in [1.82, 2.24) is 4.90 Å². The maximum atomic E-state index is 12.7. The predicted molar refractivity (Wildman–Crippen MR) is 107 cm³/mol. The van der Waals surface area contributed by atoms with E-state index in [-0.39, 0.29) is 25.0 Å². The molecule has 7 heteroatoms. The van der Waals surface area contributed by atoms with Crippen molar-refractivity contribution in [3.63, 3.8) is 0 Å². The quantitative estimate of drug-likeness (QED) is 0.669. The third kappa shape index (κ3) is 6.19. The van der Waals surface area contributed by atoms with Gasteiger partial charge in [0.1, 0.15) is 0 Å². The highest BCUT2D eigenvalue weighted by atomic mass is 16.5. The van der Waals surface area contributed by atoms with Crippen LogP contribution in [0.2, 0.25) is 0 Å². The monoisotopic (exact) mass is 386 g/mol. The number of hydrogen-bond donors (Lipinski definition) is 1. The number of amides is 2. The van der Waals surface area contributed by atoms with E-state index in [1.54, 1.807) is 19.1 Å². The molecule has 0 saturated heterocycles. The Hall–Kier alpha value is -3.22. The first-order valence-electron chi connectivity index (χ1n) is 8.96. The van der Waals surface area contributed by atoms with E-state index < -0.39 is 0 Å². The van der Waals surface area contributed by atoms with Crippen LogP contribution in [0.4, 0.5) is 10.5 Å². The van der Waals surface area contributed by atoms with Crippen molar-refractivity contribution in [3.05, 3.63) is 54.1 Å². The fourth-order valence-electron chi connectivity index (χ4n) is 2.67. The molecule has 7 nitrogen and oxygen atoms in total. The number of rotatable bonds is 9. The molecule has 0 heterocycles. The molecule has 0 unspecified atom stereocenters. The van der Waals surface area contributed by atoms with Crippen LogP contribution in [-0.4, -0.2) is 51.3 Å². The Labute approximate surface area is 165 Å². The smallest absolute Gasteiger partial charge is 0.321 e. The third-order valence-corrected chi connectivity index (χ3v) is 4.24. The van der Waals surface area contributed by atoms with Crippen LogP contribution < -0.4 is 14.8 Å². The largest absolute Gasteiger partial charge is 0.493 e. The number of anilines is 1. The highest BCUT2D eigenvalue weighted by Gasteiger charge is 2.16. The van der Waals surface area contributed by atoms with E-state index in [4.69, 9.17) is 9.47 Å². The van der Waals surface area contributed by atoms with E-state index in [1.165, 1.54) is 7.11 Å². The van der Waals surface area contributed by atoms with Gasteiger partial charge in [-0.1, -0.05) is 24.3 Å². The highest BCUT2D eigenvalue weighted by Crippen LogP contribution is 2.27. The molecule has 0 bridgehead atoms. The molecular formula is C21H26N2O5. The maximum Gasteiger partial charge on any atom is 0.321 e. The van der Waals surface area contributed by atoms with Crippen LogP contribution in [0.15, 0.2) is 48.5 Å². The summed E-state index contributed by atoms with van der Waals surface area (Å²) in [5.41, 5.74) is 1.69. The number of carbonyl (C=O) groups excluding carboxylic acids is 2. The Morgan fingerprint density at radius 1 is 0.929 bits per heavy atom. The maximum absolute atomic E-state index is 12.7. The molecule has 0 fully saturated rings. The molecular weight excluding hydrogens is 360 g/mol. The summed E-state index contributed by atoms with van der Waals surface area (Å²) < 4.78 is 15.3.